The highest BCUT2D eigenvalue weighted by atomic mass is 127. The average Bonchev–Trinajstić information content (AvgIpc) is 2.16. The fourth-order valence-corrected chi connectivity index (χ4v) is 1.17. The molecule has 0 aliphatic heterocycles. The topological polar surface area (TPSA) is 50.4 Å². The maximum Gasteiger partial charge on any atom is 0.188 e. The van der Waals surface area contributed by atoms with Crippen LogP contribution in [0.5, 0.6) is 0 Å². The lowest BCUT2D eigenvalue weighted by atomic mass is 10.1. The van der Waals surface area contributed by atoms with Gasteiger partial charge < -0.3 is 11.1 Å². The largest absolute Gasteiger partial charge is 0.370 e. The number of halogens is 3. The lowest BCUT2D eigenvalue weighted by Gasteiger charge is -2.05. The number of hydrogen-bond donors (Lipinski definition) is 2. The number of hydrogen-bond acceptors (Lipinski definition) is 1. The predicted molar refractivity (Wildman–Crippen MR) is 71.0 cm³/mol. The third-order valence-corrected chi connectivity index (χ3v) is 1.88. The van der Waals surface area contributed by atoms with Crippen molar-refractivity contribution in [2.75, 3.05) is 13.6 Å². The second-order valence-corrected chi connectivity index (χ2v) is 3.06. The van der Waals surface area contributed by atoms with Gasteiger partial charge in [-0.3, -0.25) is 4.99 Å². The maximum atomic E-state index is 12.8. The van der Waals surface area contributed by atoms with E-state index in [1.54, 1.807) is 7.05 Å². The molecule has 3 N–H and O–H groups in total. The lowest BCUT2D eigenvalue weighted by molar-refractivity contribution is 0.579. The third kappa shape index (κ3) is 5.24. The fraction of sp³-hybridized carbons (Fsp3) is 0.300. The second kappa shape index (κ2) is 7.37. The molecule has 0 heterocycles. The van der Waals surface area contributed by atoms with Crippen molar-refractivity contribution >= 4 is 29.9 Å². The molecule has 3 nitrogen and oxygen atoms in total. The second-order valence-electron chi connectivity index (χ2n) is 3.06. The highest BCUT2D eigenvalue weighted by Crippen LogP contribution is 2.07. The number of nitrogens with two attached hydrogens (primary N) is 1. The molecular weight excluding hydrogens is 327 g/mol. The van der Waals surface area contributed by atoms with Gasteiger partial charge in [-0.2, -0.15) is 0 Å². The van der Waals surface area contributed by atoms with Crippen LogP contribution in [-0.2, 0) is 6.42 Å². The summed E-state index contributed by atoms with van der Waals surface area (Å²) >= 11 is 0. The van der Waals surface area contributed by atoms with E-state index < -0.39 is 11.6 Å². The van der Waals surface area contributed by atoms with Gasteiger partial charge in [0.05, 0.1) is 0 Å². The van der Waals surface area contributed by atoms with Crippen molar-refractivity contribution in [3.8, 4) is 0 Å². The van der Waals surface area contributed by atoms with Gasteiger partial charge in [-0.05, 0) is 24.1 Å². The molecule has 0 saturated carbocycles. The van der Waals surface area contributed by atoms with Crippen LogP contribution >= 0.6 is 24.0 Å². The zero-order valence-corrected chi connectivity index (χ0v) is 11.2. The van der Waals surface area contributed by atoms with Gasteiger partial charge in [-0.1, -0.05) is 0 Å². The van der Waals surface area contributed by atoms with Crippen LogP contribution in [0.2, 0.25) is 0 Å². The molecule has 90 valence electrons. The highest BCUT2D eigenvalue weighted by molar-refractivity contribution is 14.0. The summed E-state index contributed by atoms with van der Waals surface area (Å²) in [5, 5.41) is 2.80. The van der Waals surface area contributed by atoms with Crippen molar-refractivity contribution in [1.82, 2.24) is 5.32 Å². The Balaban J connectivity index is 0.00000225. The summed E-state index contributed by atoms with van der Waals surface area (Å²) in [5.74, 6) is -0.823. The standard InChI is InChI=1S/C10H13F2N3.HI/c1-14-10(13)15-3-2-7-4-8(11)6-9(12)5-7;/h4-6H,2-3H2,1H3,(H3,13,14,15);1H. The Hall–Kier alpha value is -0.920. The number of benzene rings is 1. The number of nitrogens with one attached hydrogen (secondary N) is 1. The van der Waals surface area contributed by atoms with Crippen LogP contribution in [0.25, 0.3) is 0 Å². The van der Waals surface area contributed by atoms with Crippen molar-refractivity contribution in [3.05, 3.63) is 35.4 Å². The molecule has 0 aliphatic carbocycles. The first-order chi connectivity index (χ1) is 7.11. The maximum absolute atomic E-state index is 12.8. The van der Waals surface area contributed by atoms with E-state index >= 15 is 0 Å². The van der Waals surface area contributed by atoms with Gasteiger partial charge in [-0.15, -0.1) is 24.0 Å². The van der Waals surface area contributed by atoms with E-state index in [4.69, 9.17) is 5.73 Å². The monoisotopic (exact) mass is 341 g/mol. The minimum absolute atomic E-state index is 0. The SMILES string of the molecule is CN=C(N)NCCc1cc(F)cc(F)c1.I. The molecule has 1 aromatic rings. The Morgan fingerprint density at radius 2 is 1.88 bits per heavy atom. The van der Waals surface area contributed by atoms with E-state index in [-0.39, 0.29) is 24.0 Å². The van der Waals surface area contributed by atoms with Crippen LogP contribution in [0.15, 0.2) is 23.2 Å². The van der Waals surface area contributed by atoms with Crippen LogP contribution < -0.4 is 11.1 Å². The zero-order chi connectivity index (χ0) is 11.3. The van der Waals surface area contributed by atoms with Crippen LogP contribution in [0.4, 0.5) is 8.78 Å². The molecular formula is C10H14F2IN3. The molecule has 0 bridgehead atoms. The Morgan fingerprint density at radius 3 is 2.38 bits per heavy atom. The molecule has 0 saturated heterocycles. The van der Waals surface area contributed by atoms with Crippen molar-refractivity contribution in [2.45, 2.75) is 6.42 Å². The number of aliphatic imine (C=N–C) groups is 1. The normalized spacial score (nSPS) is 10.8. The molecule has 0 aliphatic rings. The van der Waals surface area contributed by atoms with Gasteiger partial charge in [0.2, 0.25) is 0 Å². The molecule has 0 fully saturated rings. The van der Waals surface area contributed by atoms with Gasteiger partial charge in [0.15, 0.2) is 5.96 Å². The van der Waals surface area contributed by atoms with Crippen molar-refractivity contribution in [3.63, 3.8) is 0 Å². The molecule has 0 atom stereocenters. The molecule has 0 unspecified atom stereocenters. The zero-order valence-electron chi connectivity index (χ0n) is 8.84. The summed E-state index contributed by atoms with van der Waals surface area (Å²) in [5.41, 5.74) is 5.97. The molecule has 16 heavy (non-hydrogen) atoms. The summed E-state index contributed by atoms with van der Waals surface area (Å²) in [6, 6.07) is 3.44. The minimum Gasteiger partial charge on any atom is -0.370 e. The van der Waals surface area contributed by atoms with Gasteiger partial charge in [-0.25, -0.2) is 8.78 Å². The summed E-state index contributed by atoms with van der Waals surface area (Å²) in [6.45, 7) is 0.492. The molecule has 1 aromatic carbocycles. The van der Waals surface area contributed by atoms with Gasteiger partial charge >= 0.3 is 0 Å². The molecule has 6 heteroatoms. The first-order valence-electron chi connectivity index (χ1n) is 4.53. The van der Waals surface area contributed by atoms with E-state index in [0.717, 1.165) is 6.07 Å². The minimum atomic E-state index is -0.567. The third-order valence-electron chi connectivity index (χ3n) is 1.88. The number of rotatable bonds is 3. The Bertz CT molecular complexity index is 349. The van der Waals surface area contributed by atoms with Gasteiger partial charge in [0, 0.05) is 19.7 Å². The van der Waals surface area contributed by atoms with E-state index in [1.807, 2.05) is 0 Å². The van der Waals surface area contributed by atoms with Gasteiger partial charge in [0.25, 0.3) is 0 Å². The summed E-state index contributed by atoms with van der Waals surface area (Å²) in [4.78, 5) is 3.69. The first kappa shape index (κ1) is 15.1. The van der Waals surface area contributed by atoms with Gasteiger partial charge in [0.1, 0.15) is 11.6 Å². The Kier molecular flexibility index (Phi) is 6.95. The number of nitrogens with zero attached hydrogens (tertiary/aromatic N) is 1. The van der Waals surface area contributed by atoms with E-state index in [2.05, 4.69) is 10.3 Å². The molecule has 0 radical (unpaired) electrons. The van der Waals surface area contributed by atoms with Crippen LogP contribution in [0.3, 0.4) is 0 Å². The fourth-order valence-electron chi connectivity index (χ4n) is 1.17. The molecule has 0 aromatic heterocycles. The Morgan fingerprint density at radius 1 is 1.31 bits per heavy atom. The lowest BCUT2D eigenvalue weighted by Crippen LogP contribution is -2.32. The smallest absolute Gasteiger partial charge is 0.188 e. The van der Waals surface area contributed by atoms with Crippen LogP contribution in [-0.4, -0.2) is 19.6 Å². The van der Waals surface area contributed by atoms with Crippen molar-refractivity contribution < 1.29 is 8.78 Å². The summed E-state index contributed by atoms with van der Waals surface area (Å²) in [7, 11) is 1.56. The van der Waals surface area contributed by atoms with Crippen LogP contribution in [0, 0.1) is 11.6 Å². The average molecular weight is 341 g/mol. The highest BCUT2D eigenvalue weighted by Gasteiger charge is 2.00. The molecule has 0 amide bonds. The van der Waals surface area contributed by atoms with Crippen molar-refractivity contribution in [1.29, 1.82) is 0 Å². The Labute approximate surface area is 110 Å². The number of guanidine groups is 1. The van der Waals surface area contributed by atoms with E-state index in [0.29, 0.717) is 24.5 Å². The summed E-state index contributed by atoms with van der Waals surface area (Å²) < 4.78 is 25.5. The van der Waals surface area contributed by atoms with E-state index in [9.17, 15) is 8.78 Å². The quantitative estimate of drug-likeness (QED) is 0.499. The predicted octanol–water partition coefficient (Wildman–Crippen LogP) is 1.66. The molecule has 1 rings (SSSR count). The summed E-state index contributed by atoms with van der Waals surface area (Å²) in [6.07, 6.45) is 0.491. The van der Waals surface area contributed by atoms with E-state index in [1.165, 1.54) is 12.1 Å². The first-order valence-corrected chi connectivity index (χ1v) is 4.53. The van der Waals surface area contributed by atoms with Crippen molar-refractivity contribution in [2.24, 2.45) is 10.7 Å². The van der Waals surface area contributed by atoms with Crippen LogP contribution in [0.1, 0.15) is 5.56 Å². The molecule has 0 spiro atoms.